The monoisotopic (exact) mass is 284 g/mol. The summed E-state index contributed by atoms with van der Waals surface area (Å²) < 4.78 is 0. The van der Waals surface area contributed by atoms with Gasteiger partial charge in [0.15, 0.2) is 5.82 Å². The third-order valence-electron chi connectivity index (χ3n) is 3.12. The van der Waals surface area contributed by atoms with E-state index in [2.05, 4.69) is 15.0 Å². The Morgan fingerprint density at radius 1 is 1.20 bits per heavy atom. The van der Waals surface area contributed by atoms with Crippen molar-refractivity contribution in [3.63, 3.8) is 0 Å². The van der Waals surface area contributed by atoms with Crippen molar-refractivity contribution in [2.45, 2.75) is 13.3 Å². The van der Waals surface area contributed by atoms with Crippen molar-refractivity contribution >= 4 is 28.3 Å². The summed E-state index contributed by atoms with van der Waals surface area (Å²) in [6.07, 6.45) is 2.54. The molecule has 4 nitrogen and oxygen atoms in total. The average molecular weight is 285 g/mol. The molecule has 100 valence electrons. The van der Waals surface area contributed by atoms with Crippen LogP contribution in [0.3, 0.4) is 0 Å². The maximum atomic E-state index is 6.20. The van der Waals surface area contributed by atoms with Crippen LogP contribution in [-0.2, 0) is 6.42 Å². The molecule has 0 atom stereocenters. The molecule has 0 bridgehead atoms. The van der Waals surface area contributed by atoms with Crippen molar-refractivity contribution < 1.29 is 0 Å². The van der Waals surface area contributed by atoms with E-state index in [4.69, 9.17) is 17.3 Å². The molecule has 0 aliphatic rings. The molecule has 0 spiro atoms. The lowest BCUT2D eigenvalue weighted by Crippen LogP contribution is -2.00. The number of aryl methyl sites for hydroxylation is 1. The first-order valence-corrected chi connectivity index (χ1v) is 6.74. The van der Waals surface area contributed by atoms with Gasteiger partial charge >= 0.3 is 0 Å². The fraction of sp³-hybridized carbons (Fsp3) is 0.133. The van der Waals surface area contributed by atoms with Crippen LogP contribution in [0.4, 0.5) is 5.82 Å². The fourth-order valence-corrected chi connectivity index (χ4v) is 2.35. The first-order chi connectivity index (χ1) is 9.69. The number of nitrogen functional groups attached to an aromatic ring is 1. The van der Waals surface area contributed by atoms with Gasteiger partial charge in [-0.15, -0.1) is 0 Å². The number of rotatable bonds is 2. The molecule has 0 fully saturated rings. The van der Waals surface area contributed by atoms with E-state index >= 15 is 0 Å². The van der Waals surface area contributed by atoms with Crippen LogP contribution >= 0.6 is 11.6 Å². The summed E-state index contributed by atoms with van der Waals surface area (Å²) in [4.78, 5) is 13.2. The van der Waals surface area contributed by atoms with Gasteiger partial charge in [-0.05, 0) is 30.7 Å². The number of aromatic nitrogens is 3. The van der Waals surface area contributed by atoms with E-state index < -0.39 is 0 Å². The molecule has 2 N–H and O–H groups in total. The smallest absolute Gasteiger partial charge is 0.163 e. The van der Waals surface area contributed by atoms with Gasteiger partial charge < -0.3 is 5.73 Å². The molecule has 3 aromatic rings. The normalized spacial score (nSPS) is 10.9. The Bertz CT molecular complexity index is 786. The maximum Gasteiger partial charge on any atom is 0.163 e. The summed E-state index contributed by atoms with van der Waals surface area (Å²) in [5.74, 6) is 1.05. The molecule has 1 aromatic carbocycles. The number of nitrogens with two attached hydrogens (primary N) is 1. The minimum Gasteiger partial charge on any atom is -0.384 e. The van der Waals surface area contributed by atoms with E-state index in [0.717, 1.165) is 28.6 Å². The highest BCUT2D eigenvalue weighted by molar-refractivity contribution is 6.35. The van der Waals surface area contributed by atoms with Crippen LogP contribution in [0.25, 0.3) is 22.3 Å². The molecular formula is C15H13ClN4. The summed E-state index contributed by atoms with van der Waals surface area (Å²) in [5.41, 5.74) is 8.38. The summed E-state index contributed by atoms with van der Waals surface area (Å²) in [6.45, 7) is 2.03. The lowest BCUT2D eigenvalue weighted by atomic mass is 10.1. The Morgan fingerprint density at radius 2 is 2.05 bits per heavy atom. The van der Waals surface area contributed by atoms with Crippen molar-refractivity contribution in [3.8, 4) is 11.4 Å². The van der Waals surface area contributed by atoms with Crippen LogP contribution in [0.2, 0.25) is 5.02 Å². The van der Waals surface area contributed by atoms with Crippen molar-refractivity contribution in [1.29, 1.82) is 0 Å². The Balaban J connectivity index is 2.30. The topological polar surface area (TPSA) is 64.7 Å². The van der Waals surface area contributed by atoms with E-state index in [1.54, 1.807) is 12.3 Å². The summed E-state index contributed by atoms with van der Waals surface area (Å²) in [6, 6.07) is 9.29. The van der Waals surface area contributed by atoms with Crippen LogP contribution in [0.5, 0.6) is 0 Å². The number of halogens is 1. The molecule has 3 rings (SSSR count). The van der Waals surface area contributed by atoms with Gasteiger partial charge in [-0.3, -0.25) is 4.98 Å². The minimum atomic E-state index is 0.464. The van der Waals surface area contributed by atoms with Gasteiger partial charge in [0, 0.05) is 28.9 Å². The second kappa shape index (κ2) is 5.06. The van der Waals surface area contributed by atoms with E-state index in [9.17, 15) is 0 Å². The number of nitrogens with zero attached hydrogens (tertiary/aromatic N) is 3. The molecule has 0 amide bonds. The van der Waals surface area contributed by atoms with Crippen LogP contribution < -0.4 is 5.73 Å². The molecule has 5 heteroatoms. The molecule has 0 aliphatic carbocycles. The van der Waals surface area contributed by atoms with Gasteiger partial charge in [-0.2, -0.15) is 0 Å². The number of hydrogen-bond donors (Lipinski definition) is 1. The molecular weight excluding hydrogens is 272 g/mol. The molecule has 2 heterocycles. The number of benzene rings is 1. The number of pyridine rings is 1. The standard InChI is InChI=1S/C15H13ClN4/c1-2-9-8-13(17)20-15(19-9)11-5-6-12(16)10-4-3-7-18-14(10)11/h3-8H,2H2,1H3,(H2,17,19,20). The fourth-order valence-electron chi connectivity index (χ4n) is 2.14. The lowest BCUT2D eigenvalue weighted by Gasteiger charge is -2.08. The largest absolute Gasteiger partial charge is 0.384 e. The maximum absolute atomic E-state index is 6.20. The summed E-state index contributed by atoms with van der Waals surface area (Å²) >= 11 is 6.20. The zero-order valence-corrected chi connectivity index (χ0v) is 11.7. The molecule has 0 saturated heterocycles. The highest BCUT2D eigenvalue weighted by Gasteiger charge is 2.11. The van der Waals surface area contributed by atoms with Crippen molar-refractivity contribution in [2.24, 2.45) is 0 Å². The Kier molecular flexibility index (Phi) is 3.24. The molecule has 0 unspecified atom stereocenters. The Morgan fingerprint density at radius 3 is 2.85 bits per heavy atom. The van der Waals surface area contributed by atoms with Crippen LogP contribution in [0.1, 0.15) is 12.6 Å². The van der Waals surface area contributed by atoms with E-state index in [-0.39, 0.29) is 0 Å². The molecule has 0 radical (unpaired) electrons. The van der Waals surface area contributed by atoms with Crippen molar-refractivity contribution in [3.05, 3.63) is 47.2 Å². The zero-order chi connectivity index (χ0) is 14.1. The second-order valence-corrected chi connectivity index (χ2v) is 4.86. The van der Waals surface area contributed by atoms with Gasteiger partial charge in [0.1, 0.15) is 5.82 Å². The number of fused-ring (bicyclic) bond motifs is 1. The Labute approximate surface area is 121 Å². The van der Waals surface area contributed by atoms with Crippen LogP contribution in [0.15, 0.2) is 36.5 Å². The van der Waals surface area contributed by atoms with Gasteiger partial charge in [0.2, 0.25) is 0 Å². The van der Waals surface area contributed by atoms with Gasteiger partial charge in [0.25, 0.3) is 0 Å². The molecule has 20 heavy (non-hydrogen) atoms. The molecule has 0 saturated carbocycles. The van der Waals surface area contributed by atoms with Crippen LogP contribution in [-0.4, -0.2) is 15.0 Å². The third-order valence-corrected chi connectivity index (χ3v) is 3.45. The van der Waals surface area contributed by atoms with Crippen LogP contribution in [0, 0.1) is 0 Å². The number of anilines is 1. The highest BCUT2D eigenvalue weighted by Crippen LogP contribution is 2.30. The van der Waals surface area contributed by atoms with Gasteiger partial charge in [0.05, 0.1) is 10.5 Å². The Hall–Kier alpha value is -2.20. The lowest BCUT2D eigenvalue weighted by molar-refractivity contribution is 1.01. The molecule has 2 aromatic heterocycles. The number of hydrogen-bond acceptors (Lipinski definition) is 4. The third kappa shape index (κ3) is 2.18. The quantitative estimate of drug-likeness (QED) is 0.782. The predicted octanol–water partition coefficient (Wildman–Crippen LogP) is 3.49. The first kappa shape index (κ1) is 12.8. The molecule has 0 aliphatic heterocycles. The van der Waals surface area contributed by atoms with E-state index in [0.29, 0.717) is 16.7 Å². The zero-order valence-electron chi connectivity index (χ0n) is 11.0. The average Bonchev–Trinajstić information content (AvgIpc) is 2.47. The first-order valence-electron chi connectivity index (χ1n) is 6.36. The highest BCUT2D eigenvalue weighted by atomic mass is 35.5. The summed E-state index contributed by atoms with van der Waals surface area (Å²) in [5, 5.41) is 1.55. The SMILES string of the molecule is CCc1cc(N)nc(-c2ccc(Cl)c3cccnc23)n1. The second-order valence-electron chi connectivity index (χ2n) is 4.46. The predicted molar refractivity (Wildman–Crippen MR) is 81.6 cm³/mol. The van der Waals surface area contributed by atoms with Crippen molar-refractivity contribution in [1.82, 2.24) is 15.0 Å². The van der Waals surface area contributed by atoms with E-state index in [1.165, 1.54) is 0 Å². The van der Waals surface area contributed by atoms with E-state index in [1.807, 2.05) is 31.2 Å². The summed E-state index contributed by atoms with van der Waals surface area (Å²) in [7, 11) is 0. The van der Waals surface area contributed by atoms with Crippen molar-refractivity contribution in [2.75, 3.05) is 5.73 Å². The minimum absolute atomic E-state index is 0.464. The van der Waals surface area contributed by atoms with Gasteiger partial charge in [-0.25, -0.2) is 9.97 Å². The van der Waals surface area contributed by atoms with Gasteiger partial charge in [-0.1, -0.05) is 18.5 Å².